The molecule has 20 heavy (non-hydrogen) atoms. The van der Waals surface area contributed by atoms with Crippen LogP contribution < -0.4 is 0 Å². The van der Waals surface area contributed by atoms with Gasteiger partial charge in [-0.3, -0.25) is 0 Å². The predicted molar refractivity (Wildman–Crippen MR) is 76.1 cm³/mol. The highest BCUT2D eigenvalue weighted by Gasteiger charge is 2.42. The molecule has 0 spiro atoms. The van der Waals surface area contributed by atoms with Gasteiger partial charge in [0.2, 0.25) is 0 Å². The standard InChI is InChI=1S/C15H28F2O3/c1-4-7-9-19-11-14(20-10-8-5-2)13(6-3)15(16,17)12-18/h6,13-14,18H,3-5,7-12H2,1-2H3/t13-,14-/m0/s1. The first-order chi connectivity index (χ1) is 9.53. The Balaban J connectivity index is 4.56. The van der Waals surface area contributed by atoms with Gasteiger partial charge in [0, 0.05) is 13.2 Å². The van der Waals surface area contributed by atoms with Crippen LogP contribution >= 0.6 is 0 Å². The molecule has 0 aromatic carbocycles. The Morgan fingerprint density at radius 2 is 1.80 bits per heavy atom. The number of aliphatic hydroxyl groups is 1. The van der Waals surface area contributed by atoms with Crippen LogP contribution in [0.25, 0.3) is 0 Å². The van der Waals surface area contributed by atoms with E-state index in [2.05, 4.69) is 6.58 Å². The molecule has 120 valence electrons. The maximum Gasteiger partial charge on any atom is 0.279 e. The summed E-state index contributed by atoms with van der Waals surface area (Å²) in [6.07, 6.45) is 3.97. The minimum atomic E-state index is -3.24. The van der Waals surface area contributed by atoms with Crippen molar-refractivity contribution in [3.8, 4) is 0 Å². The van der Waals surface area contributed by atoms with Crippen LogP contribution in [0.2, 0.25) is 0 Å². The highest BCUT2D eigenvalue weighted by Crippen LogP contribution is 2.30. The van der Waals surface area contributed by atoms with E-state index in [9.17, 15) is 8.78 Å². The highest BCUT2D eigenvalue weighted by molar-refractivity contribution is 4.95. The molecule has 3 nitrogen and oxygen atoms in total. The molecule has 0 radical (unpaired) electrons. The van der Waals surface area contributed by atoms with Crippen molar-refractivity contribution < 1.29 is 23.4 Å². The quantitative estimate of drug-likeness (QED) is 0.418. The van der Waals surface area contributed by atoms with Crippen molar-refractivity contribution in [2.45, 2.75) is 51.6 Å². The Hall–Kier alpha value is -0.520. The van der Waals surface area contributed by atoms with Crippen molar-refractivity contribution in [1.29, 1.82) is 0 Å². The summed E-state index contributed by atoms with van der Waals surface area (Å²) in [4.78, 5) is 0. The average molecular weight is 294 g/mol. The first-order valence-electron chi connectivity index (χ1n) is 7.34. The summed E-state index contributed by atoms with van der Waals surface area (Å²) in [5.41, 5.74) is 0. The van der Waals surface area contributed by atoms with Crippen LogP contribution in [0.3, 0.4) is 0 Å². The van der Waals surface area contributed by atoms with Gasteiger partial charge in [-0.15, -0.1) is 6.58 Å². The number of unbranched alkanes of at least 4 members (excludes halogenated alkanes) is 2. The largest absolute Gasteiger partial charge is 0.390 e. The molecular weight excluding hydrogens is 266 g/mol. The molecule has 2 atom stereocenters. The Bertz CT molecular complexity index is 247. The van der Waals surface area contributed by atoms with E-state index in [0.29, 0.717) is 13.2 Å². The molecule has 0 aromatic rings. The molecule has 0 fully saturated rings. The van der Waals surface area contributed by atoms with Crippen molar-refractivity contribution >= 4 is 0 Å². The average Bonchev–Trinajstić information content (AvgIpc) is 2.43. The summed E-state index contributed by atoms with van der Waals surface area (Å²) in [5, 5.41) is 8.83. The van der Waals surface area contributed by atoms with Gasteiger partial charge in [-0.25, -0.2) is 8.78 Å². The summed E-state index contributed by atoms with van der Waals surface area (Å²) < 4.78 is 38.3. The van der Waals surface area contributed by atoms with E-state index < -0.39 is 24.6 Å². The van der Waals surface area contributed by atoms with Crippen molar-refractivity contribution in [2.75, 3.05) is 26.4 Å². The Kier molecular flexibility index (Phi) is 10.9. The molecule has 0 unspecified atom stereocenters. The fourth-order valence-electron chi connectivity index (χ4n) is 1.78. The number of aliphatic hydroxyl groups excluding tert-OH is 1. The topological polar surface area (TPSA) is 38.7 Å². The van der Waals surface area contributed by atoms with E-state index in [1.165, 1.54) is 0 Å². The minimum Gasteiger partial charge on any atom is -0.390 e. The van der Waals surface area contributed by atoms with Crippen LogP contribution in [-0.2, 0) is 9.47 Å². The molecule has 0 heterocycles. The van der Waals surface area contributed by atoms with Gasteiger partial charge in [0.15, 0.2) is 0 Å². The van der Waals surface area contributed by atoms with Gasteiger partial charge in [0.25, 0.3) is 5.92 Å². The third-order valence-corrected chi connectivity index (χ3v) is 3.11. The van der Waals surface area contributed by atoms with Crippen molar-refractivity contribution in [3.05, 3.63) is 12.7 Å². The zero-order valence-corrected chi connectivity index (χ0v) is 12.6. The van der Waals surface area contributed by atoms with Crippen LogP contribution in [0.5, 0.6) is 0 Å². The second-order valence-electron chi connectivity index (χ2n) is 4.87. The Morgan fingerprint density at radius 3 is 2.30 bits per heavy atom. The fraction of sp³-hybridized carbons (Fsp3) is 0.867. The van der Waals surface area contributed by atoms with Gasteiger partial charge in [-0.2, -0.15) is 0 Å². The van der Waals surface area contributed by atoms with Crippen molar-refractivity contribution in [1.82, 2.24) is 0 Å². The minimum absolute atomic E-state index is 0.0932. The number of halogens is 2. The van der Waals surface area contributed by atoms with Crippen LogP contribution in [0.1, 0.15) is 39.5 Å². The molecule has 5 heteroatoms. The van der Waals surface area contributed by atoms with Crippen molar-refractivity contribution in [3.63, 3.8) is 0 Å². The molecule has 0 bridgehead atoms. The fourth-order valence-corrected chi connectivity index (χ4v) is 1.78. The van der Waals surface area contributed by atoms with Crippen LogP contribution in [0.15, 0.2) is 12.7 Å². The third kappa shape index (κ3) is 7.31. The summed E-state index contributed by atoms with van der Waals surface area (Å²) in [6, 6.07) is 0. The molecule has 0 saturated heterocycles. The number of ether oxygens (including phenoxy) is 2. The van der Waals surface area contributed by atoms with Gasteiger partial charge < -0.3 is 14.6 Å². The molecular formula is C15H28F2O3. The zero-order valence-electron chi connectivity index (χ0n) is 12.6. The van der Waals surface area contributed by atoms with Gasteiger partial charge >= 0.3 is 0 Å². The lowest BCUT2D eigenvalue weighted by molar-refractivity contribution is -0.143. The SMILES string of the molecule is C=C[C@@H]([C@H](COCCCC)OCCCC)C(F)(F)CO. The number of alkyl halides is 2. The summed E-state index contributed by atoms with van der Waals surface area (Å²) in [7, 11) is 0. The monoisotopic (exact) mass is 294 g/mol. The first-order valence-corrected chi connectivity index (χ1v) is 7.34. The first kappa shape index (κ1) is 19.5. The number of hydrogen-bond donors (Lipinski definition) is 1. The zero-order chi connectivity index (χ0) is 15.4. The number of rotatable bonds is 13. The van der Waals surface area contributed by atoms with Gasteiger partial charge in [0.1, 0.15) is 6.61 Å². The molecule has 0 aliphatic heterocycles. The van der Waals surface area contributed by atoms with Crippen LogP contribution in [0.4, 0.5) is 8.78 Å². The maximum atomic E-state index is 13.7. The molecule has 0 saturated carbocycles. The molecule has 0 aliphatic rings. The molecule has 0 aromatic heterocycles. The third-order valence-electron chi connectivity index (χ3n) is 3.11. The smallest absolute Gasteiger partial charge is 0.279 e. The lowest BCUT2D eigenvalue weighted by Crippen LogP contribution is -2.42. The van der Waals surface area contributed by atoms with E-state index in [1.807, 2.05) is 13.8 Å². The summed E-state index contributed by atoms with van der Waals surface area (Å²) in [6.45, 7) is 7.29. The van der Waals surface area contributed by atoms with Crippen molar-refractivity contribution in [2.24, 2.45) is 5.92 Å². The lowest BCUT2D eigenvalue weighted by atomic mass is 9.95. The molecule has 1 N–H and O–H groups in total. The second kappa shape index (κ2) is 11.2. The van der Waals surface area contributed by atoms with E-state index in [1.54, 1.807) is 0 Å². The van der Waals surface area contributed by atoms with E-state index in [-0.39, 0.29) is 6.61 Å². The lowest BCUT2D eigenvalue weighted by Gasteiger charge is -2.30. The van der Waals surface area contributed by atoms with Gasteiger partial charge in [-0.1, -0.05) is 32.8 Å². The number of hydrogen-bond acceptors (Lipinski definition) is 3. The summed E-state index contributed by atoms with van der Waals surface area (Å²) >= 11 is 0. The predicted octanol–water partition coefficient (Wildman–Crippen LogP) is 3.42. The molecule has 0 aliphatic carbocycles. The van der Waals surface area contributed by atoms with E-state index in [4.69, 9.17) is 14.6 Å². The highest BCUT2D eigenvalue weighted by atomic mass is 19.3. The normalized spacial score (nSPS) is 15.1. The van der Waals surface area contributed by atoms with Gasteiger partial charge in [-0.05, 0) is 12.8 Å². The maximum absolute atomic E-state index is 13.7. The Labute approximate surface area is 121 Å². The molecule has 0 rings (SSSR count). The van der Waals surface area contributed by atoms with Crippen LogP contribution in [0, 0.1) is 5.92 Å². The second-order valence-corrected chi connectivity index (χ2v) is 4.87. The molecule has 0 amide bonds. The van der Waals surface area contributed by atoms with Crippen LogP contribution in [-0.4, -0.2) is 43.6 Å². The Morgan fingerprint density at radius 1 is 1.20 bits per heavy atom. The van der Waals surface area contributed by atoms with E-state index >= 15 is 0 Å². The van der Waals surface area contributed by atoms with Gasteiger partial charge in [0.05, 0.1) is 18.6 Å². The van der Waals surface area contributed by atoms with E-state index in [0.717, 1.165) is 31.8 Å². The summed E-state index contributed by atoms with van der Waals surface area (Å²) in [5.74, 6) is -4.49.